The van der Waals surface area contributed by atoms with Crippen molar-refractivity contribution in [3.05, 3.63) is 68.6 Å². The molecule has 0 unspecified atom stereocenters. The van der Waals surface area contributed by atoms with E-state index in [2.05, 4.69) is 10.3 Å². The standard InChI is InChI=1S/C20H16ClFN2O4S/c1-10-3-5-12(8-14(10)22)23-16(25)9-29-19-17(20(27)28-2)18(26)13-6-4-11(21)7-15(13)24-19/h3-8H,9H2,1-2H3,(H,23,25)(H,24,26). The predicted molar refractivity (Wildman–Crippen MR) is 111 cm³/mol. The number of halogens is 2. The molecule has 0 aliphatic carbocycles. The van der Waals surface area contributed by atoms with Crippen LogP contribution in [0.2, 0.25) is 5.02 Å². The number of fused-ring (bicyclic) bond motifs is 1. The van der Waals surface area contributed by atoms with E-state index in [9.17, 15) is 18.8 Å². The summed E-state index contributed by atoms with van der Waals surface area (Å²) in [4.78, 5) is 40.1. The normalized spacial score (nSPS) is 10.8. The molecule has 0 saturated carbocycles. The Hall–Kier alpha value is -2.84. The molecule has 0 bridgehead atoms. The second-order valence-corrected chi connectivity index (χ2v) is 7.56. The quantitative estimate of drug-likeness (QED) is 0.465. The van der Waals surface area contributed by atoms with Crippen molar-refractivity contribution in [2.45, 2.75) is 11.9 Å². The van der Waals surface area contributed by atoms with E-state index >= 15 is 0 Å². The first kappa shape index (κ1) is 20.9. The van der Waals surface area contributed by atoms with Crippen molar-refractivity contribution in [1.82, 2.24) is 4.98 Å². The highest BCUT2D eigenvalue weighted by Crippen LogP contribution is 2.24. The van der Waals surface area contributed by atoms with Gasteiger partial charge in [0.05, 0.1) is 23.4 Å². The molecule has 0 saturated heterocycles. The van der Waals surface area contributed by atoms with E-state index in [1.54, 1.807) is 31.2 Å². The fourth-order valence-electron chi connectivity index (χ4n) is 2.64. The molecule has 3 aromatic rings. The van der Waals surface area contributed by atoms with Gasteiger partial charge in [-0.1, -0.05) is 29.4 Å². The van der Waals surface area contributed by atoms with Crippen LogP contribution >= 0.6 is 23.4 Å². The van der Waals surface area contributed by atoms with Gasteiger partial charge in [0.15, 0.2) is 0 Å². The summed E-state index contributed by atoms with van der Waals surface area (Å²) >= 11 is 6.93. The van der Waals surface area contributed by atoms with Crippen molar-refractivity contribution in [2.75, 3.05) is 18.2 Å². The van der Waals surface area contributed by atoms with Crippen molar-refractivity contribution in [1.29, 1.82) is 0 Å². The lowest BCUT2D eigenvalue weighted by atomic mass is 10.1. The van der Waals surface area contributed by atoms with Crippen LogP contribution in [0.25, 0.3) is 10.9 Å². The van der Waals surface area contributed by atoms with Crippen LogP contribution in [0.1, 0.15) is 15.9 Å². The number of hydrogen-bond acceptors (Lipinski definition) is 5. The Morgan fingerprint density at radius 3 is 2.69 bits per heavy atom. The zero-order valence-electron chi connectivity index (χ0n) is 15.5. The number of nitrogens with one attached hydrogen (secondary N) is 2. The Labute approximate surface area is 174 Å². The number of carbonyl (C=O) groups excluding carboxylic acids is 2. The summed E-state index contributed by atoms with van der Waals surface area (Å²) in [5.74, 6) is -1.80. The number of benzene rings is 2. The van der Waals surface area contributed by atoms with Gasteiger partial charge in [-0.25, -0.2) is 9.18 Å². The third-order valence-corrected chi connectivity index (χ3v) is 5.36. The number of rotatable bonds is 5. The molecule has 1 amide bonds. The summed E-state index contributed by atoms with van der Waals surface area (Å²) in [5, 5.41) is 3.44. The zero-order chi connectivity index (χ0) is 21.1. The van der Waals surface area contributed by atoms with E-state index in [0.29, 0.717) is 21.8 Å². The fourth-order valence-corrected chi connectivity index (χ4v) is 3.66. The van der Waals surface area contributed by atoms with E-state index in [1.165, 1.54) is 19.2 Å². The van der Waals surface area contributed by atoms with Crippen LogP contribution in [0.4, 0.5) is 10.1 Å². The molecule has 9 heteroatoms. The van der Waals surface area contributed by atoms with Gasteiger partial charge in [0.2, 0.25) is 11.3 Å². The molecule has 0 aliphatic rings. The monoisotopic (exact) mass is 434 g/mol. The zero-order valence-corrected chi connectivity index (χ0v) is 17.0. The maximum atomic E-state index is 13.6. The minimum absolute atomic E-state index is 0.124. The van der Waals surface area contributed by atoms with Crippen LogP contribution < -0.4 is 10.7 Å². The van der Waals surface area contributed by atoms with Gasteiger partial charge in [-0.15, -0.1) is 0 Å². The molecule has 0 spiro atoms. The predicted octanol–water partition coefficient (Wildman–Crippen LogP) is 4.15. The topological polar surface area (TPSA) is 88.3 Å². The highest BCUT2D eigenvalue weighted by atomic mass is 35.5. The van der Waals surface area contributed by atoms with Gasteiger partial charge in [-0.2, -0.15) is 0 Å². The summed E-state index contributed by atoms with van der Waals surface area (Å²) < 4.78 is 18.3. The number of pyridine rings is 1. The summed E-state index contributed by atoms with van der Waals surface area (Å²) in [6.45, 7) is 1.62. The minimum Gasteiger partial charge on any atom is -0.465 e. The first-order chi connectivity index (χ1) is 13.8. The van der Waals surface area contributed by atoms with Crippen molar-refractivity contribution in [3.8, 4) is 0 Å². The van der Waals surface area contributed by atoms with Crippen molar-refractivity contribution >= 4 is 51.8 Å². The number of aromatic amines is 1. The van der Waals surface area contributed by atoms with Gasteiger partial charge in [-0.3, -0.25) is 9.59 Å². The number of amides is 1. The average Bonchev–Trinajstić information content (AvgIpc) is 2.68. The van der Waals surface area contributed by atoms with E-state index in [4.69, 9.17) is 16.3 Å². The van der Waals surface area contributed by atoms with Gasteiger partial charge < -0.3 is 15.0 Å². The molecular weight excluding hydrogens is 419 g/mol. The van der Waals surface area contributed by atoms with Gasteiger partial charge in [0.1, 0.15) is 11.4 Å². The Morgan fingerprint density at radius 1 is 1.24 bits per heavy atom. The molecule has 1 heterocycles. The molecule has 2 N–H and O–H groups in total. The average molecular weight is 435 g/mol. The van der Waals surface area contributed by atoms with Crippen LogP contribution in [0.15, 0.2) is 46.2 Å². The summed E-state index contributed by atoms with van der Waals surface area (Å²) in [7, 11) is 1.17. The lowest BCUT2D eigenvalue weighted by Crippen LogP contribution is -2.20. The molecular formula is C20H16ClFN2O4S. The Bertz CT molecular complexity index is 1180. The number of thioether (sulfide) groups is 1. The van der Waals surface area contributed by atoms with E-state index < -0.39 is 23.1 Å². The molecule has 1 aromatic heterocycles. The summed E-state index contributed by atoms with van der Waals surface area (Å²) in [6.07, 6.45) is 0. The lowest BCUT2D eigenvalue weighted by Gasteiger charge is -2.10. The van der Waals surface area contributed by atoms with E-state index in [1.807, 2.05) is 0 Å². The van der Waals surface area contributed by atoms with Gasteiger partial charge in [0.25, 0.3) is 0 Å². The Morgan fingerprint density at radius 2 is 2.00 bits per heavy atom. The van der Waals surface area contributed by atoms with Crippen LogP contribution in [-0.4, -0.2) is 29.7 Å². The summed E-state index contributed by atoms with van der Waals surface area (Å²) in [6, 6.07) is 8.96. The highest BCUT2D eigenvalue weighted by Gasteiger charge is 2.21. The smallest absolute Gasteiger partial charge is 0.344 e. The number of anilines is 1. The minimum atomic E-state index is -0.813. The number of H-pyrrole nitrogens is 1. The third-order valence-electron chi connectivity index (χ3n) is 4.12. The molecule has 150 valence electrons. The van der Waals surface area contributed by atoms with Crippen LogP contribution in [0, 0.1) is 12.7 Å². The SMILES string of the molecule is COC(=O)c1c(SCC(=O)Nc2ccc(C)c(F)c2)[nH]c2cc(Cl)ccc2c1=O. The van der Waals surface area contributed by atoms with Crippen molar-refractivity contribution in [3.63, 3.8) is 0 Å². The van der Waals surface area contributed by atoms with Gasteiger partial charge in [0, 0.05) is 16.1 Å². The third kappa shape index (κ3) is 4.60. The van der Waals surface area contributed by atoms with E-state index in [0.717, 1.165) is 11.8 Å². The van der Waals surface area contributed by atoms with Crippen LogP contribution in [0.5, 0.6) is 0 Å². The Balaban J connectivity index is 1.88. The number of aromatic nitrogens is 1. The highest BCUT2D eigenvalue weighted by molar-refractivity contribution is 8.00. The number of hydrogen-bond donors (Lipinski definition) is 2. The second-order valence-electron chi connectivity index (χ2n) is 6.14. The number of methoxy groups -OCH3 is 1. The maximum absolute atomic E-state index is 13.6. The molecule has 2 aromatic carbocycles. The molecule has 6 nitrogen and oxygen atoms in total. The largest absolute Gasteiger partial charge is 0.465 e. The molecule has 0 atom stereocenters. The summed E-state index contributed by atoms with van der Waals surface area (Å²) in [5.41, 5.74) is 0.490. The molecule has 29 heavy (non-hydrogen) atoms. The second kappa shape index (κ2) is 8.67. The van der Waals surface area contributed by atoms with Crippen molar-refractivity contribution < 1.29 is 18.7 Å². The molecule has 0 fully saturated rings. The van der Waals surface area contributed by atoms with Crippen LogP contribution in [0.3, 0.4) is 0 Å². The number of ether oxygens (including phenoxy) is 1. The van der Waals surface area contributed by atoms with Gasteiger partial charge in [-0.05, 0) is 42.8 Å². The van der Waals surface area contributed by atoms with Crippen molar-refractivity contribution in [2.24, 2.45) is 0 Å². The first-order valence-electron chi connectivity index (χ1n) is 8.43. The van der Waals surface area contributed by atoms with Gasteiger partial charge >= 0.3 is 5.97 Å². The van der Waals surface area contributed by atoms with E-state index in [-0.39, 0.29) is 21.7 Å². The maximum Gasteiger partial charge on any atom is 0.344 e. The number of carbonyl (C=O) groups is 2. The molecule has 3 rings (SSSR count). The van der Waals surface area contributed by atoms with Crippen LogP contribution in [-0.2, 0) is 9.53 Å². The fraction of sp³-hybridized carbons (Fsp3) is 0.150. The molecule has 0 radical (unpaired) electrons. The first-order valence-corrected chi connectivity index (χ1v) is 9.79. The number of esters is 1. The lowest BCUT2D eigenvalue weighted by molar-refractivity contribution is -0.113. The Kier molecular flexibility index (Phi) is 6.24. The molecule has 0 aliphatic heterocycles. The number of aryl methyl sites for hydroxylation is 1.